The average Bonchev–Trinajstić information content (AvgIpc) is 1.88. The molecule has 0 aromatic heterocycles. The van der Waals surface area contributed by atoms with Crippen LogP contribution in [0.3, 0.4) is 0 Å². The van der Waals surface area contributed by atoms with Gasteiger partial charge in [0.1, 0.15) is 0 Å². The molecule has 1 heterocycles. The molecule has 0 saturated carbocycles. The fourth-order valence-electron chi connectivity index (χ4n) is 1.19. The molecule has 1 aliphatic heterocycles. The minimum Gasteiger partial charge on any atom is -0.306 e. The Morgan fingerprint density at radius 1 is 1.50 bits per heavy atom. The maximum Gasteiger partial charge on any atom is 0.156 e. The molecule has 3 nitrogen and oxygen atoms in total. The standard InChI is InChI=1S/C6H13NO2S/c1-7-4-2-6(3-5-7)10(8)9/h6H,2-5H2,1H3,(H,8,9). The smallest absolute Gasteiger partial charge is 0.156 e. The summed E-state index contributed by atoms with van der Waals surface area (Å²) in [6, 6.07) is 0. The van der Waals surface area contributed by atoms with E-state index in [1.54, 1.807) is 0 Å². The van der Waals surface area contributed by atoms with Crippen LogP contribution in [0.2, 0.25) is 0 Å². The van der Waals surface area contributed by atoms with Crippen molar-refractivity contribution in [2.75, 3.05) is 20.1 Å². The molecule has 10 heavy (non-hydrogen) atoms. The summed E-state index contributed by atoms with van der Waals surface area (Å²) >= 11 is -1.59. The lowest BCUT2D eigenvalue weighted by atomic mass is 10.1. The van der Waals surface area contributed by atoms with Crippen molar-refractivity contribution >= 4 is 11.1 Å². The van der Waals surface area contributed by atoms with Crippen molar-refractivity contribution in [2.45, 2.75) is 18.1 Å². The van der Waals surface area contributed by atoms with Crippen molar-refractivity contribution in [2.24, 2.45) is 0 Å². The average molecular weight is 163 g/mol. The predicted molar refractivity (Wildman–Crippen MR) is 41.3 cm³/mol. The van der Waals surface area contributed by atoms with Crippen LogP contribution in [0.4, 0.5) is 0 Å². The van der Waals surface area contributed by atoms with E-state index in [9.17, 15) is 4.21 Å². The number of piperidine rings is 1. The Morgan fingerprint density at radius 3 is 2.40 bits per heavy atom. The number of rotatable bonds is 1. The summed E-state index contributed by atoms with van der Waals surface area (Å²) < 4.78 is 19.3. The molecule has 1 N–H and O–H groups in total. The molecule has 0 amide bonds. The predicted octanol–water partition coefficient (Wildman–Crippen LogP) is 0.302. The van der Waals surface area contributed by atoms with E-state index >= 15 is 0 Å². The summed E-state index contributed by atoms with van der Waals surface area (Å²) in [6.45, 7) is 1.91. The van der Waals surface area contributed by atoms with E-state index in [1.807, 2.05) is 7.05 Å². The zero-order valence-electron chi connectivity index (χ0n) is 6.12. The van der Waals surface area contributed by atoms with Gasteiger partial charge in [-0.25, -0.2) is 4.21 Å². The second kappa shape index (κ2) is 3.46. The van der Waals surface area contributed by atoms with Gasteiger partial charge in [0.05, 0.1) is 5.25 Å². The van der Waals surface area contributed by atoms with Crippen LogP contribution >= 0.6 is 0 Å². The zero-order valence-corrected chi connectivity index (χ0v) is 6.93. The Balaban J connectivity index is 2.33. The van der Waals surface area contributed by atoms with Crippen LogP contribution < -0.4 is 0 Å². The first kappa shape index (κ1) is 8.17. The van der Waals surface area contributed by atoms with Crippen molar-refractivity contribution in [3.05, 3.63) is 0 Å². The normalized spacial score (nSPS) is 26.6. The molecule has 1 rings (SSSR count). The van der Waals surface area contributed by atoms with E-state index in [0.29, 0.717) is 0 Å². The molecule has 1 atom stereocenters. The lowest BCUT2D eigenvalue weighted by Crippen LogP contribution is -2.34. The molecule has 0 spiro atoms. The molecular formula is C6H13NO2S. The van der Waals surface area contributed by atoms with Crippen LogP contribution in [0.25, 0.3) is 0 Å². The van der Waals surface area contributed by atoms with Crippen LogP contribution in [0.5, 0.6) is 0 Å². The first-order valence-electron chi connectivity index (χ1n) is 3.48. The molecule has 1 fully saturated rings. The minimum atomic E-state index is -1.59. The van der Waals surface area contributed by atoms with Gasteiger partial charge in [-0.05, 0) is 33.0 Å². The largest absolute Gasteiger partial charge is 0.306 e. The third-order valence-electron chi connectivity index (χ3n) is 1.95. The summed E-state index contributed by atoms with van der Waals surface area (Å²) in [7, 11) is 2.04. The Morgan fingerprint density at radius 2 is 2.00 bits per heavy atom. The van der Waals surface area contributed by atoms with E-state index in [4.69, 9.17) is 4.55 Å². The highest BCUT2D eigenvalue weighted by Gasteiger charge is 2.20. The van der Waals surface area contributed by atoms with Gasteiger partial charge >= 0.3 is 0 Å². The maximum absolute atomic E-state index is 10.6. The van der Waals surface area contributed by atoms with Crippen molar-refractivity contribution < 1.29 is 8.76 Å². The highest BCUT2D eigenvalue weighted by atomic mass is 32.2. The summed E-state index contributed by atoms with van der Waals surface area (Å²) in [5.74, 6) is 0. The number of hydrogen-bond donors (Lipinski definition) is 1. The quantitative estimate of drug-likeness (QED) is 0.565. The summed E-state index contributed by atoms with van der Waals surface area (Å²) in [6.07, 6.45) is 1.72. The molecule has 0 radical (unpaired) electrons. The number of likely N-dealkylation sites (tertiary alicyclic amines) is 1. The second-order valence-corrected chi connectivity index (χ2v) is 4.00. The lowest BCUT2D eigenvalue weighted by molar-refractivity contribution is 0.276. The van der Waals surface area contributed by atoms with Gasteiger partial charge in [0, 0.05) is 0 Å². The van der Waals surface area contributed by atoms with E-state index in [-0.39, 0.29) is 5.25 Å². The molecule has 4 heteroatoms. The number of hydrogen-bond acceptors (Lipinski definition) is 2. The van der Waals surface area contributed by atoms with Gasteiger partial charge in [0.15, 0.2) is 11.1 Å². The lowest BCUT2D eigenvalue weighted by Gasteiger charge is -2.26. The Bertz CT molecular complexity index is 132. The fraction of sp³-hybridized carbons (Fsp3) is 1.00. The molecule has 1 unspecified atom stereocenters. The summed E-state index contributed by atoms with van der Waals surface area (Å²) in [4.78, 5) is 2.18. The molecule has 60 valence electrons. The van der Waals surface area contributed by atoms with Crippen molar-refractivity contribution in [1.29, 1.82) is 0 Å². The van der Waals surface area contributed by atoms with Gasteiger partial charge in [-0.3, -0.25) is 0 Å². The van der Waals surface area contributed by atoms with Gasteiger partial charge in [0.25, 0.3) is 0 Å². The molecule has 0 aromatic rings. The van der Waals surface area contributed by atoms with Crippen molar-refractivity contribution in [3.8, 4) is 0 Å². The van der Waals surface area contributed by atoms with Crippen LogP contribution in [-0.4, -0.2) is 39.0 Å². The molecule has 0 aliphatic carbocycles. The van der Waals surface area contributed by atoms with Crippen LogP contribution in [-0.2, 0) is 11.1 Å². The van der Waals surface area contributed by atoms with E-state index in [1.165, 1.54) is 0 Å². The molecule has 0 aromatic carbocycles. The Kier molecular flexibility index (Phi) is 2.82. The zero-order chi connectivity index (χ0) is 7.56. The SMILES string of the molecule is CN1CCC(S(=O)O)CC1. The van der Waals surface area contributed by atoms with Gasteiger partial charge in [-0.15, -0.1) is 0 Å². The highest BCUT2D eigenvalue weighted by molar-refractivity contribution is 7.79. The molecular weight excluding hydrogens is 150 g/mol. The molecule has 1 saturated heterocycles. The Labute approximate surface area is 63.7 Å². The minimum absolute atomic E-state index is 0.0243. The second-order valence-electron chi connectivity index (χ2n) is 2.78. The summed E-state index contributed by atoms with van der Waals surface area (Å²) in [5, 5.41) is 0.0243. The maximum atomic E-state index is 10.6. The first-order valence-corrected chi connectivity index (χ1v) is 4.65. The summed E-state index contributed by atoms with van der Waals surface area (Å²) in [5.41, 5.74) is 0. The topological polar surface area (TPSA) is 40.5 Å². The van der Waals surface area contributed by atoms with E-state index in [2.05, 4.69) is 4.90 Å². The van der Waals surface area contributed by atoms with Crippen molar-refractivity contribution in [1.82, 2.24) is 4.90 Å². The van der Waals surface area contributed by atoms with Crippen LogP contribution in [0.1, 0.15) is 12.8 Å². The van der Waals surface area contributed by atoms with E-state index in [0.717, 1.165) is 25.9 Å². The molecule has 0 bridgehead atoms. The van der Waals surface area contributed by atoms with Gasteiger partial charge < -0.3 is 9.45 Å². The number of nitrogens with zero attached hydrogens (tertiary/aromatic N) is 1. The van der Waals surface area contributed by atoms with Gasteiger partial charge in [-0.1, -0.05) is 0 Å². The Hall–Kier alpha value is 0.0700. The van der Waals surface area contributed by atoms with Crippen molar-refractivity contribution in [3.63, 3.8) is 0 Å². The van der Waals surface area contributed by atoms with Crippen LogP contribution in [0.15, 0.2) is 0 Å². The van der Waals surface area contributed by atoms with Gasteiger partial charge in [0.2, 0.25) is 0 Å². The third-order valence-corrected chi connectivity index (χ3v) is 2.99. The first-order chi connectivity index (χ1) is 4.70. The molecule has 1 aliphatic rings. The third kappa shape index (κ3) is 2.04. The van der Waals surface area contributed by atoms with Crippen LogP contribution in [0, 0.1) is 0 Å². The fourth-order valence-corrected chi connectivity index (χ4v) is 1.80. The highest BCUT2D eigenvalue weighted by Crippen LogP contribution is 2.12. The van der Waals surface area contributed by atoms with E-state index < -0.39 is 11.1 Å². The monoisotopic (exact) mass is 163 g/mol. The van der Waals surface area contributed by atoms with Gasteiger partial charge in [-0.2, -0.15) is 0 Å².